The average Bonchev–Trinajstić information content (AvgIpc) is 0.722. The number of hydrogen-bond donors (Lipinski definition) is 2. The van der Waals surface area contributed by atoms with E-state index in [1.807, 2.05) is 0 Å². The summed E-state index contributed by atoms with van der Waals surface area (Å²) in [5, 5.41) is 0. The molecule has 0 aromatic heterocycles. The van der Waals surface area contributed by atoms with Gasteiger partial charge in [-0.2, -0.15) is 17.7 Å². The molecule has 0 amide bonds. The molecule has 0 bridgehead atoms. The van der Waals surface area contributed by atoms with E-state index in [1.165, 1.54) is 0 Å². The van der Waals surface area contributed by atoms with Gasteiger partial charge in [-0.25, -0.2) is 0 Å². The van der Waals surface area contributed by atoms with Crippen LogP contribution in [0.4, 0.5) is 0 Å². The summed E-state index contributed by atoms with van der Waals surface area (Å²) in [5.74, 6) is 0. The van der Waals surface area contributed by atoms with Gasteiger partial charge in [0.25, 0.3) is 9.05 Å². The van der Waals surface area contributed by atoms with E-state index in [9.17, 15) is 0 Å². The molecular formula is H8Na2O4S3. The molecule has 9 heavy (non-hydrogen) atoms. The van der Waals surface area contributed by atoms with Crippen LogP contribution in [0.2, 0.25) is 0 Å². The van der Waals surface area contributed by atoms with Gasteiger partial charge in [0, 0.05) is 11.2 Å². The van der Waals surface area contributed by atoms with Crippen LogP contribution in [0.5, 0.6) is 0 Å². The van der Waals surface area contributed by atoms with Crippen molar-refractivity contribution < 1.29 is 18.8 Å². The van der Waals surface area contributed by atoms with Crippen molar-refractivity contribution in [3.8, 4) is 0 Å². The molecule has 52 valence electrons. The van der Waals surface area contributed by atoms with E-state index < -0.39 is 9.05 Å². The molecule has 0 aromatic carbocycles. The van der Waals surface area contributed by atoms with Crippen molar-refractivity contribution in [2.24, 2.45) is 0 Å². The summed E-state index contributed by atoms with van der Waals surface area (Å²) in [7, 11) is -3.83. The third kappa shape index (κ3) is 116. The fraction of sp³-hybridized carbons (Fsp3) is 0. The van der Waals surface area contributed by atoms with Crippen LogP contribution < -0.4 is 0 Å². The Balaban J connectivity index is -0.0000000133. The quantitative estimate of drug-likeness (QED) is 0.443. The van der Waals surface area contributed by atoms with Gasteiger partial charge < -0.3 is 5.48 Å². The fourth-order valence-electron chi connectivity index (χ4n) is 0. The first-order valence-corrected chi connectivity index (χ1v) is 3.10. The minimum atomic E-state index is -3.83. The fourth-order valence-corrected chi connectivity index (χ4v) is 0. The zero-order chi connectivity index (χ0) is 4.50. The first-order chi connectivity index (χ1) is 2.00. The molecule has 0 spiro atoms. The molecule has 0 heterocycles. The Morgan fingerprint density at radius 3 is 1.22 bits per heavy atom. The Kier molecular flexibility index (Phi) is 43.9. The first kappa shape index (κ1) is 29.9. The molecule has 0 aliphatic rings. The number of rotatable bonds is 0. The number of hydrogen-bond acceptors (Lipinski definition) is 2. The van der Waals surface area contributed by atoms with E-state index in [0.29, 0.717) is 0 Å². The third-order valence-corrected chi connectivity index (χ3v) is 0. The molecule has 0 unspecified atom stereocenters. The average molecular weight is 214 g/mol. The first-order valence-electron chi connectivity index (χ1n) is 0.698. The Bertz CT molecular complexity index is 97.0. The summed E-state index contributed by atoms with van der Waals surface area (Å²) in [6.07, 6.45) is 0. The van der Waals surface area contributed by atoms with Gasteiger partial charge in [-0.1, -0.05) is 0 Å². The topological polar surface area (TPSA) is 89.0 Å². The molecule has 0 saturated carbocycles. The minimum absolute atomic E-state index is 0. The molecule has 0 aliphatic heterocycles. The van der Waals surface area contributed by atoms with Crippen LogP contribution in [0.1, 0.15) is 0 Å². The Morgan fingerprint density at radius 2 is 1.22 bits per heavy atom. The van der Waals surface area contributed by atoms with Crippen LogP contribution >= 0.6 is 13.5 Å². The molecule has 0 saturated heterocycles. The van der Waals surface area contributed by atoms with Gasteiger partial charge in [0.2, 0.25) is 0 Å². The van der Waals surface area contributed by atoms with Crippen LogP contribution in [-0.2, 0) is 20.2 Å². The molecule has 0 radical (unpaired) electrons. The van der Waals surface area contributed by atoms with Gasteiger partial charge in [0.15, 0.2) is 0 Å². The third-order valence-electron chi connectivity index (χ3n) is 0. The summed E-state index contributed by atoms with van der Waals surface area (Å²) in [5.41, 5.74) is 0. The monoisotopic (exact) mass is 214 g/mol. The predicted octanol–water partition coefficient (Wildman–Crippen LogP) is -2.33. The maximum atomic E-state index is 9.11. The van der Waals surface area contributed by atoms with E-state index >= 15 is 0 Å². The van der Waals surface area contributed by atoms with Gasteiger partial charge in [0.1, 0.15) is 0 Å². The van der Waals surface area contributed by atoms with Crippen LogP contribution in [0, 0.1) is 0 Å². The molecule has 9 heteroatoms. The molecule has 0 fully saturated rings. The van der Waals surface area contributed by atoms with Gasteiger partial charge >= 0.3 is 59.1 Å². The Labute approximate surface area is 110 Å². The summed E-state index contributed by atoms with van der Waals surface area (Å²) in [4.78, 5) is 0. The summed E-state index contributed by atoms with van der Waals surface area (Å²) < 4.78 is 24.0. The molecule has 0 aliphatic carbocycles. The van der Waals surface area contributed by atoms with Gasteiger partial charge in [-0.05, 0) is 0 Å². The van der Waals surface area contributed by atoms with E-state index in [-0.39, 0.29) is 78.1 Å². The van der Waals surface area contributed by atoms with Crippen molar-refractivity contribution in [3.63, 3.8) is 0 Å². The Hall–Kier alpha value is 2.60. The van der Waals surface area contributed by atoms with Gasteiger partial charge in [-0.15, -0.1) is 0 Å². The zero-order valence-electron chi connectivity index (χ0n) is 3.12. The standard InChI is InChI=1S/2Na.H2O3S2.H2O.H2S.2H/c;;1-5(2,3)4;;;;/h;;(H2,1,2,3,4);2*1H2;;. The molecule has 0 rings (SSSR count). The maximum absolute atomic E-state index is 9.11. The van der Waals surface area contributed by atoms with E-state index in [0.717, 1.165) is 0 Å². The van der Waals surface area contributed by atoms with E-state index in [1.54, 1.807) is 0 Å². The van der Waals surface area contributed by atoms with Crippen molar-refractivity contribution >= 4 is 92.9 Å². The van der Waals surface area contributed by atoms with Crippen LogP contribution in [0.25, 0.3) is 0 Å². The zero-order valence-corrected chi connectivity index (χ0v) is 5.75. The second kappa shape index (κ2) is 13.2. The molecule has 0 atom stereocenters. The second-order valence-corrected chi connectivity index (χ2v) is 2.65. The van der Waals surface area contributed by atoms with Crippen LogP contribution in [-0.4, -0.2) is 77.9 Å². The molecule has 4 nitrogen and oxygen atoms in total. The predicted molar refractivity (Wildman–Crippen MR) is 49.1 cm³/mol. The SMILES string of the molecule is O.O=S(O)(O)=S.S.[NaH].[NaH]. The summed E-state index contributed by atoms with van der Waals surface area (Å²) in [6, 6.07) is 0. The Morgan fingerprint density at radius 1 is 1.22 bits per heavy atom. The van der Waals surface area contributed by atoms with E-state index in [2.05, 4.69) is 11.2 Å². The van der Waals surface area contributed by atoms with Crippen molar-refractivity contribution in [1.82, 2.24) is 0 Å². The van der Waals surface area contributed by atoms with Gasteiger partial charge in [-0.3, -0.25) is 9.11 Å². The van der Waals surface area contributed by atoms with E-state index in [4.69, 9.17) is 13.3 Å². The molecular weight excluding hydrogens is 206 g/mol. The van der Waals surface area contributed by atoms with Gasteiger partial charge in [0.05, 0.1) is 0 Å². The van der Waals surface area contributed by atoms with Crippen molar-refractivity contribution in [2.45, 2.75) is 0 Å². The van der Waals surface area contributed by atoms with Crippen LogP contribution in [0.15, 0.2) is 0 Å². The van der Waals surface area contributed by atoms with Crippen molar-refractivity contribution in [3.05, 3.63) is 0 Å². The normalized spacial score (nSPS) is 6.44. The molecule has 0 aromatic rings. The van der Waals surface area contributed by atoms with Crippen molar-refractivity contribution in [2.75, 3.05) is 0 Å². The second-order valence-electron chi connectivity index (χ2n) is 0.448. The van der Waals surface area contributed by atoms with Crippen molar-refractivity contribution in [1.29, 1.82) is 0 Å². The summed E-state index contributed by atoms with van der Waals surface area (Å²) >= 11 is 3.47. The van der Waals surface area contributed by atoms with Crippen LogP contribution in [0.3, 0.4) is 0 Å². The summed E-state index contributed by atoms with van der Waals surface area (Å²) in [6.45, 7) is 0. The molecule has 4 N–H and O–H groups in total.